The summed E-state index contributed by atoms with van der Waals surface area (Å²) in [6.07, 6.45) is 3.11. The Kier molecular flexibility index (Phi) is 4.06. The molecule has 1 saturated heterocycles. The standard InChI is InChI=1S/C13H15N5O3/c19-12(11-2-4-16-21-11)15-9-10-1-3-14-13(17-10)18-5-7-20-8-6-18/h1-4H,5-9H2,(H,15,19). The summed E-state index contributed by atoms with van der Waals surface area (Å²) < 4.78 is 10.1. The minimum atomic E-state index is -0.320. The molecule has 110 valence electrons. The molecule has 3 rings (SSSR count). The number of anilines is 1. The highest BCUT2D eigenvalue weighted by Crippen LogP contribution is 2.09. The van der Waals surface area contributed by atoms with Crippen LogP contribution >= 0.6 is 0 Å². The highest BCUT2D eigenvalue weighted by Gasteiger charge is 2.14. The highest BCUT2D eigenvalue weighted by molar-refractivity contribution is 5.91. The molecule has 8 heteroatoms. The minimum absolute atomic E-state index is 0.178. The van der Waals surface area contributed by atoms with Crippen molar-refractivity contribution < 1.29 is 14.1 Å². The fourth-order valence-corrected chi connectivity index (χ4v) is 1.99. The molecule has 1 fully saturated rings. The number of carbonyl (C=O) groups excluding carboxylic acids is 1. The minimum Gasteiger partial charge on any atom is -0.378 e. The molecule has 2 aromatic heterocycles. The van der Waals surface area contributed by atoms with Gasteiger partial charge in [-0.15, -0.1) is 0 Å². The van der Waals surface area contributed by atoms with Gasteiger partial charge in [0.25, 0.3) is 5.91 Å². The summed E-state index contributed by atoms with van der Waals surface area (Å²) in [5.41, 5.74) is 0.736. The van der Waals surface area contributed by atoms with Crippen LogP contribution in [0.15, 0.2) is 29.0 Å². The first-order chi connectivity index (χ1) is 10.3. The lowest BCUT2D eigenvalue weighted by atomic mass is 10.3. The Morgan fingerprint density at radius 3 is 2.90 bits per heavy atom. The Bertz CT molecular complexity index is 596. The Labute approximate surface area is 121 Å². The number of nitrogens with zero attached hydrogens (tertiary/aromatic N) is 4. The van der Waals surface area contributed by atoms with Crippen LogP contribution in [0.5, 0.6) is 0 Å². The molecule has 1 N–H and O–H groups in total. The van der Waals surface area contributed by atoms with Crippen molar-refractivity contribution >= 4 is 11.9 Å². The van der Waals surface area contributed by atoms with E-state index in [4.69, 9.17) is 9.26 Å². The van der Waals surface area contributed by atoms with Crippen LogP contribution in [0.25, 0.3) is 0 Å². The second kappa shape index (κ2) is 6.31. The van der Waals surface area contributed by atoms with Gasteiger partial charge in [-0.2, -0.15) is 0 Å². The van der Waals surface area contributed by atoms with Gasteiger partial charge in [0.15, 0.2) is 0 Å². The van der Waals surface area contributed by atoms with Crippen molar-refractivity contribution in [1.82, 2.24) is 20.4 Å². The zero-order chi connectivity index (χ0) is 14.5. The molecule has 0 radical (unpaired) electrons. The number of aromatic nitrogens is 3. The normalized spacial score (nSPS) is 15.0. The van der Waals surface area contributed by atoms with E-state index in [9.17, 15) is 4.79 Å². The van der Waals surface area contributed by atoms with E-state index in [0.717, 1.165) is 18.8 Å². The van der Waals surface area contributed by atoms with Gasteiger partial charge in [-0.05, 0) is 6.07 Å². The Morgan fingerprint density at radius 2 is 2.14 bits per heavy atom. The summed E-state index contributed by atoms with van der Waals surface area (Å²) in [5, 5.41) is 6.22. The molecule has 3 heterocycles. The summed E-state index contributed by atoms with van der Waals surface area (Å²) in [6.45, 7) is 3.20. The lowest BCUT2D eigenvalue weighted by Gasteiger charge is -2.26. The van der Waals surface area contributed by atoms with Crippen LogP contribution in [-0.2, 0) is 11.3 Å². The maximum absolute atomic E-state index is 11.8. The van der Waals surface area contributed by atoms with Crippen LogP contribution in [-0.4, -0.2) is 47.3 Å². The van der Waals surface area contributed by atoms with E-state index in [1.54, 1.807) is 12.3 Å². The molecule has 0 spiro atoms. The molecule has 0 saturated carbocycles. The molecule has 0 aliphatic carbocycles. The third-order valence-corrected chi connectivity index (χ3v) is 3.09. The van der Waals surface area contributed by atoms with E-state index in [1.807, 2.05) is 0 Å². The smallest absolute Gasteiger partial charge is 0.290 e. The predicted octanol–water partition coefficient (Wildman–Crippen LogP) is 0.231. The van der Waals surface area contributed by atoms with Crippen molar-refractivity contribution in [2.24, 2.45) is 0 Å². The Morgan fingerprint density at radius 1 is 1.29 bits per heavy atom. The molecular formula is C13H15N5O3. The maximum atomic E-state index is 11.8. The summed E-state index contributed by atoms with van der Waals surface area (Å²) in [5.74, 6) is 0.515. The molecule has 8 nitrogen and oxygen atoms in total. The topological polar surface area (TPSA) is 93.4 Å². The molecular weight excluding hydrogens is 274 g/mol. The highest BCUT2D eigenvalue weighted by atomic mass is 16.5. The average Bonchev–Trinajstić information content (AvgIpc) is 3.08. The summed E-state index contributed by atoms with van der Waals surface area (Å²) in [6, 6.07) is 3.28. The fourth-order valence-electron chi connectivity index (χ4n) is 1.99. The Hall–Kier alpha value is -2.48. The van der Waals surface area contributed by atoms with Crippen LogP contribution in [0.3, 0.4) is 0 Å². The number of carbonyl (C=O) groups is 1. The van der Waals surface area contributed by atoms with Crippen molar-refractivity contribution in [2.75, 3.05) is 31.2 Å². The number of rotatable bonds is 4. The third kappa shape index (κ3) is 3.34. The van der Waals surface area contributed by atoms with Crippen LogP contribution < -0.4 is 10.2 Å². The van der Waals surface area contributed by atoms with E-state index in [2.05, 4.69) is 25.3 Å². The van der Waals surface area contributed by atoms with Crippen molar-refractivity contribution in [3.05, 3.63) is 36.0 Å². The third-order valence-electron chi connectivity index (χ3n) is 3.09. The number of hydrogen-bond donors (Lipinski definition) is 1. The fraction of sp³-hybridized carbons (Fsp3) is 0.385. The number of amides is 1. The second-order valence-corrected chi connectivity index (χ2v) is 4.51. The quantitative estimate of drug-likeness (QED) is 0.861. The summed E-state index contributed by atoms with van der Waals surface area (Å²) in [4.78, 5) is 22.5. The monoisotopic (exact) mass is 289 g/mol. The first kappa shape index (κ1) is 13.5. The van der Waals surface area contributed by atoms with Crippen molar-refractivity contribution in [1.29, 1.82) is 0 Å². The average molecular weight is 289 g/mol. The van der Waals surface area contributed by atoms with Crippen molar-refractivity contribution in [2.45, 2.75) is 6.54 Å². The van der Waals surface area contributed by atoms with E-state index in [0.29, 0.717) is 25.7 Å². The molecule has 0 bridgehead atoms. The molecule has 0 aromatic carbocycles. The van der Waals surface area contributed by atoms with E-state index in [-0.39, 0.29) is 11.7 Å². The molecule has 1 amide bonds. The predicted molar refractivity (Wildman–Crippen MR) is 72.7 cm³/mol. The van der Waals surface area contributed by atoms with Gasteiger partial charge in [0.1, 0.15) is 0 Å². The number of ether oxygens (including phenoxy) is 1. The number of hydrogen-bond acceptors (Lipinski definition) is 7. The van der Waals surface area contributed by atoms with Gasteiger partial charge in [0, 0.05) is 25.4 Å². The SMILES string of the molecule is O=C(NCc1ccnc(N2CCOCC2)n1)c1ccno1. The summed E-state index contributed by atoms with van der Waals surface area (Å²) in [7, 11) is 0. The molecule has 1 aliphatic heterocycles. The van der Waals surface area contributed by atoms with Crippen LogP contribution in [0.2, 0.25) is 0 Å². The van der Waals surface area contributed by atoms with Crippen LogP contribution in [0.4, 0.5) is 5.95 Å². The molecule has 21 heavy (non-hydrogen) atoms. The first-order valence-electron chi connectivity index (χ1n) is 6.66. The molecule has 2 aromatic rings. The van der Waals surface area contributed by atoms with Gasteiger partial charge < -0.3 is 19.5 Å². The first-order valence-corrected chi connectivity index (χ1v) is 6.66. The number of morpholine rings is 1. The summed E-state index contributed by atoms with van der Waals surface area (Å²) >= 11 is 0. The molecule has 1 aliphatic rings. The van der Waals surface area contributed by atoms with Crippen molar-refractivity contribution in [3.63, 3.8) is 0 Å². The second-order valence-electron chi connectivity index (χ2n) is 4.51. The van der Waals surface area contributed by atoms with Gasteiger partial charge >= 0.3 is 0 Å². The lowest BCUT2D eigenvalue weighted by Crippen LogP contribution is -2.37. The zero-order valence-electron chi connectivity index (χ0n) is 11.4. The maximum Gasteiger partial charge on any atom is 0.290 e. The molecule has 0 unspecified atom stereocenters. The number of nitrogens with one attached hydrogen (secondary N) is 1. The largest absolute Gasteiger partial charge is 0.378 e. The molecule has 0 atom stereocenters. The van der Waals surface area contributed by atoms with Crippen LogP contribution in [0, 0.1) is 0 Å². The van der Waals surface area contributed by atoms with Gasteiger partial charge in [0.2, 0.25) is 11.7 Å². The van der Waals surface area contributed by atoms with Gasteiger partial charge in [-0.25, -0.2) is 9.97 Å². The zero-order valence-corrected chi connectivity index (χ0v) is 11.4. The van der Waals surface area contributed by atoms with E-state index < -0.39 is 0 Å². The van der Waals surface area contributed by atoms with E-state index >= 15 is 0 Å². The van der Waals surface area contributed by atoms with E-state index in [1.165, 1.54) is 12.3 Å². The Balaban J connectivity index is 1.62. The van der Waals surface area contributed by atoms with Crippen molar-refractivity contribution in [3.8, 4) is 0 Å². The van der Waals surface area contributed by atoms with Gasteiger partial charge in [-0.3, -0.25) is 4.79 Å². The van der Waals surface area contributed by atoms with Gasteiger partial charge in [0.05, 0.1) is 31.6 Å². The lowest BCUT2D eigenvalue weighted by molar-refractivity contribution is 0.0913. The van der Waals surface area contributed by atoms with Crippen LogP contribution in [0.1, 0.15) is 16.2 Å². The van der Waals surface area contributed by atoms with Gasteiger partial charge in [-0.1, -0.05) is 5.16 Å².